The number of rotatable bonds is 4. The van der Waals surface area contributed by atoms with Crippen molar-refractivity contribution in [1.82, 2.24) is 5.32 Å². The van der Waals surface area contributed by atoms with Gasteiger partial charge in [-0.15, -0.1) is 11.6 Å². The van der Waals surface area contributed by atoms with Gasteiger partial charge in [0.1, 0.15) is 5.88 Å². The molecule has 0 aromatic carbocycles. The lowest BCUT2D eigenvalue weighted by Gasteiger charge is -2.30. The minimum atomic E-state index is -0.0240. The highest BCUT2D eigenvalue weighted by Gasteiger charge is 2.23. The molecule has 0 aromatic rings. The summed E-state index contributed by atoms with van der Waals surface area (Å²) < 4.78 is 0. The molecule has 82 valence electrons. The highest BCUT2D eigenvalue weighted by Crippen LogP contribution is 2.27. The highest BCUT2D eigenvalue weighted by atomic mass is 35.5. The Morgan fingerprint density at radius 3 is 2.57 bits per heavy atom. The van der Waals surface area contributed by atoms with Gasteiger partial charge in [0.05, 0.1) is 0 Å². The number of alkyl halides is 1. The average Bonchev–Trinajstić information content (AvgIpc) is 2.26. The predicted molar refractivity (Wildman–Crippen MR) is 59.5 cm³/mol. The maximum absolute atomic E-state index is 11.2. The lowest BCUT2D eigenvalue weighted by Crippen LogP contribution is -2.41. The van der Waals surface area contributed by atoms with E-state index in [4.69, 9.17) is 11.6 Å². The average molecular weight is 218 g/mol. The van der Waals surface area contributed by atoms with Crippen LogP contribution in [0.15, 0.2) is 0 Å². The molecule has 0 spiro atoms. The first-order chi connectivity index (χ1) is 6.77. The van der Waals surface area contributed by atoms with Crippen LogP contribution in [0.5, 0.6) is 0 Å². The number of nitrogens with one attached hydrogen (secondary N) is 1. The zero-order chi connectivity index (χ0) is 10.4. The van der Waals surface area contributed by atoms with Crippen LogP contribution in [0.4, 0.5) is 0 Å². The van der Waals surface area contributed by atoms with Crippen LogP contribution in [0.3, 0.4) is 0 Å². The van der Waals surface area contributed by atoms with Crippen molar-refractivity contribution in [2.24, 2.45) is 5.92 Å². The van der Waals surface area contributed by atoms with E-state index >= 15 is 0 Å². The number of hydrogen-bond acceptors (Lipinski definition) is 1. The molecular formula is C11H20ClNO. The molecule has 1 aliphatic carbocycles. The molecule has 1 unspecified atom stereocenters. The molecule has 0 saturated heterocycles. The van der Waals surface area contributed by atoms with Gasteiger partial charge in [0.15, 0.2) is 0 Å². The fraction of sp³-hybridized carbons (Fsp3) is 0.909. The molecule has 14 heavy (non-hydrogen) atoms. The van der Waals surface area contributed by atoms with E-state index < -0.39 is 0 Å². The summed E-state index contributed by atoms with van der Waals surface area (Å²) in [6.07, 6.45) is 7.54. The van der Waals surface area contributed by atoms with Crippen molar-refractivity contribution in [3.05, 3.63) is 0 Å². The summed E-state index contributed by atoms with van der Waals surface area (Å²) in [5.41, 5.74) is 0. The minimum absolute atomic E-state index is 0.0240. The van der Waals surface area contributed by atoms with Crippen LogP contribution in [-0.2, 0) is 4.79 Å². The molecule has 0 aliphatic heterocycles. The zero-order valence-corrected chi connectivity index (χ0v) is 9.65. The van der Waals surface area contributed by atoms with Gasteiger partial charge in [0.25, 0.3) is 0 Å². The Hall–Kier alpha value is -0.240. The van der Waals surface area contributed by atoms with Crippen molar-refractivity contribution in [2.45, 2.75) is 51.5 Å². The minimum Gasteiger partial charge on any atom is -0.352 e. The van der Waals surface area contributed by atoms with E-state index in [1.807, 2.05) is 0 Å². The molecule has 1 N–H and O–H groups in total. The number of amides is 1. The number of hydrogen-bond donors (Lipinski definition) is 1. The number of halogens is 1. The summed E-state index contributed by atoms with van der Waals surface area (Å²) in [4.78, 5) is 11.2. The van der Waals surface area contributed by atoms with Gasteiger partial charge in [-0.3, -0.25) is 4.79 Å². The van der Waals surface area contributed by atoms with E-state index in [-0.39, 0.29) is 11.8 Å². The van der Waals surface area contributed by atoms with E-state index in [1.54, 1.807) is 0 Å². The topological polar surface area (TPSA) is 29.1 Å². The number of carbonyl (C=O) groups is 1. The van der Waals surface area contributed by atoms with Crippen LogP contribution in [0.25, 0.3) is 0 Å². The quantitative estimate of drug-likeness (QED) is 0.721. The van der Waals surface area contributed by atoms with E-state index in [2.05, 4.69) is 12.2 Å². The van der Waals surface area contributed by atoms with Gasteiger partial charge in [-0.05, 0) is 25.2 Å². The van der Waals surface area contributed by atoms with Crippen LogP contribution in [0.2, 0.25) is 0 Å². The second-order valence-electron chi connectivity index (χ2n) is 4.11. The molecular weight excluding hydrogens is 198 g/mol. The smallest absolute Gasteiger partial charge is 0.235 e. The molecule has 1 atom stereocenters. The summed E-state index contributed by atoms with van der Waals surface area (Å²) in [5.74, 6) is 0.744. The van der Waals surface area contributed by atoms with Crippen LogP contribution >= 0.6 is 11.6 Å². The SMILES string of the molecule is CCC(NC(=O)CCl)C1CCCCC1. The fourth-order valence-corrected chi connectivity index (χ4v) is 2.41. The predicted octanol–water partition coefficient (Wildman–Crippen LogP) is 2.70. The van der Waals surface area contributed by atoms with Crippen molar-refractivity contribution in [1.29, 1.82) is 0 Å². The van der Waals surface area contributed by atoms with Crippen LogP contribution in [-0.4, -0.2) is 17.8 Å². The van der Waals surface area contributed by atoms with Gasteiger partial charge < -0.3 is 5.32 Å². The molecule has 1 amide bonds. The lowest BCUT2D eigenvalue weighted by molar-refractivity contribution is -0.119. The highest BCUT2D eigenvalue weighted by molar-refractivity contribution is 6.27. The molecule has 0 radical (unpaired) electrons. The summed E-state index contributed by atoms with van der Waals surface area (Å²) in [6, 6.07) is 0.349. The Kier molecular flexibility index (Phi) is 5.31. The summed E-state index contributed by atoms with van der Waals surface area (Å²) >= 11 is 5.48. The van der Waals surface area contributed by atoms with E-state index in [1.165, 1.54) is 32.1 Å². The van der Waals surface area contributed by atoms with Crippen molar-refractivity contribution >= 4 is 17.5 Å². The Morgan fingerprint density at radius 2 is 2.07 bits per heavy atom. The lowest BCUT2D eigenvalue weighted by atomic mass is 9.83. The van der Waals surface area contributed by atoms with Gasteiger partial charge in [0.2, 0.25) is 5.91 Å². The molecule has 1 aliphatic rings. The number of carbonyl (C=O) groups excluding carboxylic acids is 1. The monoisotopic (exact) mass is 217 g/mol. The second-order valence-corrected chi connectivity index (χ2v) is 4.38. The first-order valence-corrected chi connectivity index (χ1v) is 6.16. The summed E-state index contributed by atoms with van der Waals surface area (Å²) in [6.45, 7) is 2.13. The van der Waals surface area contributed by atoms with E-state index in [9.17, 15) is 4.79 Å². The molecule has 1 fully saturated rings. The van der Waals surface area contributed by atoms with Gasteiger partial charge in [-0.2, -0.15) is 0 Å². The Labute approximate surface area is 91.4 Å². The molecule has 3 heteroatoms. The third-order valence-electron chi connectivity index (χ3n) is 3.13. The first-order valence-electron chi connectivity index (χ1n) is 5.63. The molecule has 0 heterocycles. The van der Waals surface area contributed by atoms with Crippen molar-refractivity contribution in [3.63, 3.8) is 0 Å². The van der Waals surface area contributed by atoms with Gasteiger partial charge in [0, 0.05) is 6.04 Å². The summed E-state index contributed by atoms with van der Waals surface area (Å²) in [7, 11) is 0. The standard InChI is InChI=1S/C11H20ClNO/c1-2-10(13-11(14)8-12)9-6-4-3-5-7-9/h9-10H,2-8H2,1H3,(H,13,14). The maximum Gasteiger partial charge on any atom is 0.235 e. The van der Waals surface area contributed by atoms with Crippen molar-refractivity contribution in [2.75, 3.05) is 5.88 Å². The molecule has 1 saturated carbocycles. The first kappa shape index (κ1) is 11.8. The van der Waals surface area contributed by atoms with Crippen LogP contribution in [0.1, 0.15) is 45.4 Å². The molecule has 0 bridgehead atoms. The molecule has 0 aromatic heterocycles. The zero-order valence-electron chi connectivity index (χ0n) is 8.89. The second kappa shape index (κ2) is 6.28. The van der Waals surface area contributed by atoms with Crippen molar-refractivity contribution in [3.8, 4) is 0 Å². The van der Waals surface area contributed by atoms with E-state index in [0.29, 0.717) is 12.0 Å². The Bertz CT molecular complexity index is 178. The van der Waals surface area contributed by atoms with Gasteiger partial charge in [-0.1, -0.05) is 26.2 Å². The third kappa shape index (κ3) is 3.49. The molecule has 1 rings (SSSR count). The Morgan fingerprint density at radius 1 is 1.43 bits per heavy atom. The van der Waals surface area contributed by atoms with Gasteiger partial charge in [-0.25, -0.2) is 0 Å². The summed E-state index contributed by atoms with van der Waals surface area (Å²) in [5, 5.41) is 3.02. The largest absolute Gasteiger partial charge is 0.352 e. The third-order valence-corrected chi connectivity index (χ3v) is 3.37. The van der Waals surface area contributed by atoms with Gasteiger partial charge >= 0.3 is 0 Å². The van der Waals surface area contributed by atoms with Crippen LogP contribution < -0.4 is 5.32 Å². The van der Waals surface area contributed by atoms with E-state index in [0.717, 1.165) is 6.42 Å². The van der Waals surface area contributed by atoms with Crippen molar-refractivity contribution < 1.29 is 4.79 Å². The maximum atomic E-state index is 11.2. The van der Waals surface area contributed by atoms with Crippen LogP contribution in [0, 0.1) is 5.92 Å². The molecule has 2 nitrogen and oxygen atoms in total. The Balaban J connectivity index is 2.39. The fourth-order valence-electron chi connectivity index (χ4n) is 2.34. The normalized spacial score (nSPS) is 20.4.